The van der Waals surface area contributed by atoms with E-state index in [2.05, 4.69) is 6.92 Å². The lowest BCUT2D eigenvalue weighted by Crippen LogP contribution is -2.31. The Balaban J connectivity index is 0.000000514. The van der Waals surface area contributed by atoms with E-state index in [0.717, 1.165) is 17.8 Å². The zero-order valence-corrected chi connectivity index (χ0v) is 12.1. The average Bonchev–Trinajstić information content (AvgIpc) is 2.41. The van der Waals surface area contributed by atoms with Crippen LogP contribution < -0.4 is 0 Å². The molecule has 0 nitrogen and oxygen atoms in total. The molecule has 0 bridgehead atoms. The van der Waals surface area contributed by atoms with Gasteiger partial charge in [-0.1, -0.05) is 44.3 Å². The molecule has 0 aromatic heterocycles. The van der Waals surface area contributed by atoms with E-state index in [0.29, 0.717) is 0 Å². The van der Waals surface area contributed by atoms with Crippen molar-refractivity contribution in [2.75, 3.05) is 0 Å². The topological polar surface area (TPSA) is 0 Å². The van der Waals surface area contributed by atoms with Crippen molar-refractivity contribution < 1.29 is 0 Å². The van der Waals surface area contributed by atoms with Crippen LogP contribution in [0.4, 0.5) is 0 Å². The number of hydrogen-bond acceptors (Lipinski definition) is 0. The molecule has 0 aromatic carbocycles. The second kappa shape index (κ2) is 6.07. The van der Waals surface area contributed by atoms with E-state index < -0.39 is 0 Å². The minimum absolute atomic E-state index is 1.00. The highest BCUT2D eigenvalue weighted by atomic mass is 14.4. The number of fused-ring (bicyclic) bond motifs is 2. The maximum atomic E-state index is 2.47. The van der Waals surface area contributed by atoms with E-state index in [-0.39, 0.29) is 0 Å². The average molecular weight is 234 g/mol. The summed E-state index contributed by atoms with van der Waals surface area (Å²) in [6.45, 7) is 6.47. The Bertz CT molecular complexity index is 274. The fourth-order valence-electron chi connectivity index (χ4n) is 4.53. The van der Waals surface area contributed by atoms with E-state index in [4.69, 9.17) is 0 Å². The number of rotatable bonds is 0. The zero-order chi connectivity index (χ0) is 12.3. The lowest BCUT2D eigenvalue weighted by molar-refractivity contribution is 0.195. The molecule has 98 valence electrons. The molecular formula is C17H30. The monoisotopic (exact) mass is 234 g/mol. The third kappa shape index (κ3) is 2.61. The van der Waals surface area contributed by atoms with Gasteiger partial charge in [0.15, 0.2) is 0 Å². The van der Waals surface area contributed by atoms with Gasteiger partial charge in [0.05, 0.1) is 0 Å². The van der Waals surface area contributed by atoms with Crippen molar-refractivity contribution in [3.05, 3.63) is 11.1 Å². The van der Waals surface area contributed by atoms with Crippen molar-refractivity contribution in [2.45, 2.75) is 78.6 Å². The van der Waals surface area contributed by atoms with Crippen LogP contribution in [0.15, 0.2) is 11.1 Å². The molecule has 2 saturated carbocycles. The Hall–Kier alpha value is -0.260. The molecule has 0 radical (unpaired) electrons. The van der Waals surface area contributed by atoms with E-state index >= 15 is 0 Å². The van der Waals surface area contributed by atoms with E-state index in [1.807, 2.05) is 25.0 Å². The van der Waals surface area contributed by atoms with Crippen molar-refractivity contribution in [1.29, 1.82) is 0 Å². The third-order valence-electron chi connectivity index (χ3n) is 5.30. The highest BCUT2D eigenvalue weighted by Crippen LogP contribution is 2.49. The molecule has 17 heavy (non-hydrogen) atoms. The van der Waals surface area contributed by atoms with Gasteiger partial charge in [0.2, 0.25) is 0 Å². The normalized spacial score (nSPS) is 36.5. The standard InChI is InChI=1S/C15H24.C2H6/c1-11-14-8-4-2-6-12(14)10-13-7-3-5-9-15(11)13;1-2/h12-14H,2-10H2,1H3;1-2H3. The number of hydrogen-bond donors (Lipinski definition) is 0. The van der Waals surface area contributed by atoms with E-state index in [1.165, 1.54) is 51.4 Å². The third-order valence-corrected chi connectivity index (χ3v) is 5.30. The second-order valence-corrected chi connectivity index (χ2v) is 6.04. The molecule has 0 saturated heterocycles. The van der Waals surface area contributed by atoms with Crippen LogP contribution in [0.1, 0.15) is 78.6 Å². The van der Waals surface area contributed by atoms with Gasteiger partial charge in [-0.3, -0.25) is 0 Å². The van der Waals surface area contributed by atoms with E-state index in [1.54, 1.807) is 6.42 Å². The Morgan fingerprint density at radius 2 is 1.59 bits per heavy atom. The SMILES string of the molecule is CC.CC1=C2CCCCC2CC2CCCCC12. The Morgan fingerprint density at radius 1 is 0.882 bits per heavy atom. The van der Waals surface area contributed by atoms with Gasteiger partial charge in [0, 0.05) is 0 Å². The van der Waals surface area contributed by atoms with Crippen LogP contribution in [0.25, 0.3) is 0 Å². The van der Waals surface area contributed by atoms with Crippen LogP contribution in [0, 0.1) is 17.8 Å². The van der Waals surface area contributed by atoms with Gasteiger partial charge in [-0.15, -0.1) is 0 Å². The summed E-state index contributed by atoms with van der Waals surface area (Å²) in [6.07, 6.45) is 13.5. The molecule has 3 rings (SSSR count). The van der Waals surface area contributed by atoms with Gasteiger partial charge in [0.25, 0.3) is 0 Å². The van der Waals surface area contributed by atoms with Crippen molar-refractivity contribution in [2.24, 2.45) is 17.8 Å². The molecule has 2 fully saturated rings. The summed E-state index contributed by atoms with van der Waals surface area (Å²) < 4.78 is 0. The molecule has 0 aliphatic heterocycles. The van der Waals surface area contributed by atoms with Gasteiger partial charge < -0.3 is 0 Å². The molecule has 3 aliphatic carbocycles. The predicted molar refractivity (Wildman–Crippen MR) is 76.1 cm³/mol. The summed E-state index contributed by atoms with van der Waals surface area (Å²) in [6, 6.07) is 0. The summed E-state index contributed by atoms with van der Waals surface area (Å²) in [5.74, 6) is 3.09. The van der Waals surface area contributed by atoms with Crippen LogP contribution in [-0.4, -0.2) is 0 Å². The largest absolute Gasteiger partial charge is 0.0705 e. The second-order valence-electron chi connectivity index (χ2n) is 6.04. The van der Waals surface area contributed by atoms with Crippen LogP contribution in [0.3, 0.4) is 0 Å². The van der Waals surface area contributed by atoms with Crippen molar-refractivity contribution >= 4 is 0 Å². The smallest absolute Gasteiger partial charge is 0.0175 e. The molecule has 3 unspecified atom stereocenters. The molecule has 0 heteroatoms. The minimum atomic E-state index is 1.00. The van der Waals surface area contributed by atoms with Crippen molar-refractivity contribution in [3.8, 4) is 0 Å². The first kappa shape index (κ1) is 13.2. The first-order valence-electron chi connectivity index (χ1n) is 8.06. The number of allylic oxidation sites excluding steroid dienone is 2. The zero-order valence-electron chi connectivity index (χ0n) is 12.1. The first-order chi connectivity index (χ1) is 8.36. The summed E-state index contributed by atoms with van der Waals surface area (Å²) in [5.41, 5.74) is 3.75. The molecule has 0 heterocycles. The Morgan fingerprint density at radius 3 is 2.41 bits per heavy atom. The quantitative estimate of drug-likeness (QED) is 0.470. The lowest BCUT2D eigenvalue weighted by atomic mass is 9.62. The predicted octanol–water partition coefficient (Wildman–Crippen LogP) is 5.73. The summed E-state index contributed by atoms with van der Waals surface area (Å²) in [5, 5.41) is 0. The Kier molecular flexibility index (Phi) is 4.70. The first-order valence-corrected chi connectivity index (χ1v) is 8.06. The molecule has 0 N–H and O–H groups in total. The highest BCUT2D eigenvalue weighted by Gasteiger charge is 2.36. The highest BCUT2D eigenvalue weighted by molar-refractivity contribution is 5.24. The van der Waals surface area contributed by atoms with Gasteiger partial charge in [-0.2, -0.15) is 0 Å². The van der Waals surface area contributed by atoms with Crippen LogP contribution in [0.5, 0.6) is 0 Å². The molecule has 3 aliphatic rings. The minimum Gasteiger partial charge on any atom is -0.0705 e. The van der Waals surface area contributed by atoms with Gasteiger partial charge in [0.1, 0.15) is 0 Å². The lowest BCUT2D eigenvalue weighted by Gasteiger charge is -2.43. The van der Waals surface area contributed by atoms with Gasteiger partial charge >= 0.3 is 0 Å². The summed E-state index contributed by atoms with van der Waals surface area (Å²) in [7, 11) is 0. The molecule has 0 aromatic rings. The molecule has 0 spiro atoms. The molecule has 0 amide bonds. The summed E-state index contributed by atoms with van der Waals surface area (Å²) >= 11 is 0. The van der Waals surface area contributed by atoms with E-state index in [9.17, 15) is 0 Å². The van der Waals surface area contributed by atoms with Gasteiger partial charge in [-0.05, 0) is 63.2 Å². The molecular weight excluding hydrogens is 204 g/mol. The maximum absolute atomic E-state index is 2.47. The van der Waals surface area contributed by atoms with Crippen molar-refractivity contribution in [1.82, 2.24) is 0 Å². The molecule has 3 atom stereocenters. The van der Waals surface area contributed by atoms with Crippen LogP contribution >= 0.6 is 0 Å². The Labute approximate surface area is 108 Å². The fraction of sp³-hybridized carbons (Fsp3) is 0.882. The fourth-order valence-corrected chi connectivity index (χ4v) is 4.53. The van der Waals surface area contributed by atoms with Crippen LogP contribution in [0.2, 0.25) is 0 Å². The van der Waals surface area contributed by atoms with Crippen LogP contribution in [-0.2, 0) is 0 Å². The van der Waals surface area contributed by atoms with Gasteiger partial charge in [-0.25, -0.2) is 0 Å². The summed E-state index contributed by atoms with van der Waals surface area (Å²) in [4.78, 5) is 0. The van der Waals surface area contributed by atoms with Crippen molar-refractivity contribution in [3.63, 3.8) is 0 Å². The maximum Gasteiger partial charge on any atom is -0.0175 e.